The van der Waals surface area contributed by atoms with Crippen molar-refractivity contribution in [1.82, 2.24) is 9.80 Å². The number of nitro benzene ring substituents is 1. The molecule has 1 saturated heterocycles. The number of amides is 2. The third-order valence-electron chi connectivity index (χ3n) is 4.69. The molecule has 0 spiro atoms. The van der Waals surface area contributed by atoms with Crippen LogP contribution in [-0.4, -0.2) is 52.7 Å². The van der Waals surface area contributed by atoms with Crippen LogP contribution in [0, 0.1) is 22.9 Å². The molecule has 2 amide bonds. The smallest absolute Gasteiger partial charge is 0.276 e. The molecule has 0 saturated carbocycles. The average molecular weight is 406 g/mol. The lowest BCUT2D eigenvalue weighted by Crippen LogP contribution is -2.50. The van der Waals surface area contributed by atoms with Crippen molar-refractivity contribution in [2.75, 3.05) is 26.2 Å². The second kappa shape index (κ2) is 7.93. The minimum atomic E-state index is -0.799. The van der Waals surface area contributed by atoms with E-state index in [4.69, 9.17) is 11.6 Å². The van der Waals surface area contributed by atoms with Crippen molar-refractivity contribution in [2.45, 2.75) is 6.92 Å². The van der Waals surface area contributed by atoms with E-state index in [-0.39, 0.29) is 30.1 Å². The number of halogens is 2. The lowest BCUT2D eigenvalue weighted by atomic mass is 10.1. The molecule has 9 heteroatoms. The van der Waals surface area contributed by atoms with E-state index in [1.54, 1.807) is 29.2 Å². The van der Waals surface area contributed by atoms with Gasteiger partial charge in [0, 0.05) is 48.4 Å². The summed E-state index contributed by atoms with van der Waals surface area (Å²) < 4.78 is 14.0. The first-order chi connectivity index (χ1) is 13.3. The van der Waals surface area contributed by atoms with Crippen molar-refractivity contribution in [3.05, 3.63) is 74.0 Å². The highest BCUT2D eigenvalue weighted by Crippen LogP contribution is 2.24. The van der Waals surface area contributed by atoms with E-state index in [2.05, 4.69) is 0 Å². The lowest BCUT2D eigenvalue weighted by molar-refractivity contribution is -0.385. The standard InChI is InChI=1S/C19H17ClFN3O4/c1-12-16(21)10-14(11-17(12)24(27)28)19(26)23-7-5-22(6-8-23)18(25)13-3-2-4-15(20)9-13/h2-4,9-11H,5-8H2,1H3. The maximum absolute atomic E-state index is 14.0. The molecule has 0 radical (unpaired) electrons. The molecule has 1 aliphatic rings. The molecule has 28 heavy (non-hydrogen) atoms. The van der Waals surface area contributed by atoms with Gasteiger partial charge in [0.2, 0.25) is 0 Å². The maximum atomic E-state index is 14.0. The Morgan fingerprint density at radius 3 is 2.14 bits per heavy atom. The zero-order chi connectivity index (χ0) is 20.4. The summed E-state index contributed by atoms with van der Waals surface area (Å²) in [5.74, 6) is -1.49. The van der Waals surface area contributed by atoms with Crippen molar-refractivity contribution in [3.63, 3.8) is 0 Å². The van der Waals surface area contributed by atoms with E-state index in [1.807, 2.05) is 0 Å². The molecule has 2 aromatic carbocycles. The average Bonchev–Trinajstić information content (AvgIpc) is 2.68. The van der Waals surface area contributed by atoms with Crippen LogP contribution in [0.1, 0.15) is 26.3 Å². The van der Waals surface area contributed by atoms with Crippen LogP contribution in [0.4, 0.5) is 10.1 Å². The van der Waals surface area contributed by atoms with Crippen molar-refractivity contribution in [3.8, 4) is 0 Å². The summed E-state index contributed by atoms with van der Waals surface area (Å²) in [7, 11) is 0. The van der Waals surface area contributed by atoms with Crippen LogP contribution >= 0.6 is 11.6 Å². The number of benzene rings is 2. The molecule has 0 aliphatic carbocycles. The van der Waals surface area contributed by atoms with Gasteiger partial charge >= 0.3 is 0 Å². The van der Waals surface area contributed by atoms with Gasteiger partial charge in [-0.3, -0.25) is 19.7 Å². The van der Waals surface area contributed by atoms with Gasteiger partial charge in [0.15, 0.2) is 0 Å². The highest BCUT2D eigenvalue weighted by Gasteiger charge is 2.27. The largest absolute Gasteiger partial charge is 0.335 e. The van der Waals surface area contributed by atoms with Crippen LogP contribution in [-0.2, 0) is 0 Å². The minimum Gasteiger partial charge on any atom is -0.335 e. The summed E-state index contributed by atoms with van der Waals surface area (Å²) in [4.78, 5) is 38.6. The van der Waals surface area contributed by atoms with Gasteiger partial charge in [0.25, 0.3) is 17.5 Å². The number of carbonyl (C=O) groups is 2. The van der Waals surface area contributed by atoms with E-state index >= 15 is 0 Å². The Bertz CT molecular complexity index is 958. The zero-order valence-electron chi connectivity index (χ0n) is 15.0. The van der Waals surface area contributed by atoms with E-state index in [1.165, 1.54) is 11.8 Å². The van der Waals surface area contributed by atoms with Gasteiger partial charge in [-0.15, -0.1) is 0 Å². The second-order valence-corrected chi connectivity index (χ2v) is 6.89. The van der Waals surface area contributed by atoms with Crippen molar-refractivity contribution < 1.29 is 18.9 Å². The van der Waals surface area contributed by atoms with Crippen LogP contribution < -0.4 is 0 Å². The Balaban J connectivity index is 1.70. The molecule has 0 unspecified atom stereocenters. The van der Waals surface area contributed by atoms with Crippen LogP contribution in [0.15, 0.2) is 36.4 Å². The molecule has 1 aliphatic heterocycles. The third kappa shape index (κ3) is 3.96. The number of carbonyl (C=O) groups excluding carboxylic acids is 2. The summed E-state index contributed by atoms with van der Waals surface area (Å²) in [6, 6.07) is 8.71. The van der Waals surface area contributed by atoms with Crippen LogP contribution in [0.5, 0.6) is 0 Å². The Morgan fingerprint density at radius 1 is 1.04 bits per heavy atom. The first kappa shape index (κ1) is 19.8. The SMILES string of the molecule is Cc1c(F)cc(C(=O)N2CCN(C(=O)c3cccc(Cl)c3)CC2)cc1[N+](=O)[O-]. The molecule has 0 aromatic heterocycles. The number of nitrogens with zero attached hydrogens (tertiary/aromatic N) is 3. The predicted molar refractivity (Wildman–Crippen MR) is 101 cm³/mol. The highest BCUT2D eigenvalue weighted by atomic mass is 35.5. The highest BCUT2D eigenvalue weighted by molar-refractivity contribution is 6.30. The molecule has 1 heterocycles. The molecule has 3 rings (SSSR count). The Hall–Kier alpha value is -3.00. The predicted octanol–water partition coefficient (Wildman–Crippen LogP) is 3.29. The Kier molecular flexibility index (Phi) is 5.60. The van der Waals surface area contributed by atoms with Crippen molar-refractivity contribution in [2.24, 2.45) is 0 Å². The second-order valence-electron chi connectivity index (χ2n) is 6.45. The molecule has 2 aromatic rings. The van der Waals surface area contributed by atoms with Gasteiger partial charge in [0.05, 0.1) is 10.5 Å². The van der Waals surface area contributed by atoms with Crippen LogP contribution in [0.3, 0.4) is 0 Å². The van der Waals surface area contributed by atoms with Crippen LogP contribution in [0.25, 0.3) is 0 Å². The number of hydrogen-bond acceptors (Lipinski definition) is 4. The molecule has 0 bridgehead atoms. The quantitative estimate of drug-likeness (QED) is 0.579. The Morgan fingerprint density at radius 2 is 1.61 bits per heavy atom. The number of rotatable bonds is 3. The van der Waals surface area contributed by atoms with Crippen molar-refractivity contribution in [1.29, 1.82) is 0 Å². The minimum absolute atomic E-state index is 0.0792. The molecular formula is C19H17ClFN3O4. The fourth-order valence-corrected chi connectivity index (χ4v) is 3.27. The third-order valence-corrected chi connectivity index (χ3v) is 4.92. The summed E-state index contributed by atoms with van der Waals surface area (Å²) in [6.45, 7) is 2.38. The van der Waals surface area contributed by atoms with Crippen molar-refractivity contribution >= 4 is 29.1 Å². The van der Waals surface area contributed by atoms with Gasteiger partial charge in [-0.2, -0.15) is 0 Å². The van der Waals surface area contributed by atoms with E-state index in [0.717, 1.165) is 12.1 Å². The number of nitro groups is 1. The molecule has 7 nitrogen and oxygen atoms in total. The first-order valence-electron chi connectivity index (χ1n) is 8.56. The Labute approximate surface area is 165 Å². The normalized spacial score (nSPS) is 14.1. The molecule has 146 valence electrons. The first-order valence-corrected chi connectivity index (χ1v) is 8.94. The summed E-state index contributed by atoms with van der Waals surface area (Å²) in [6.07, 6.45) is 0. The molecule has 0 N–H and O–H groups in total. The fraction of sp³-hybridized carbons (Fsp3) is 0.263. The monoisotopic (exact) mass is 405 g/mol. The summed E-state index contributed by atoms with van der Waals surface area (Å²) in [5.41, 5.74) is -0.162. The van der Waals surface area contributed by atoms with Gasteiger partial charge in [-0.25, -0.2) is 4.39 Å². The van der Waals surface area contributed by atoms with Gasteiger partial charge in [-0.05, 0) is 31.2 Å². The number of hydrogen-bond donors (Lipinski definition) is 0. The summed E-state index contributed by atoms with van der Waals surface area (Å²) >= 11 is 5.92. The molecule has 0 atom stereocenters. The molecule has 1 fully saturated rings. The number of piperazine rings is 1. The molecular weight excluding hydrogens is 389 g/mol. The van der Waals surface area contributed by atoms with E-state index < -0.39 is 22.3 Å². The maximum Gasteiger partial charge on any atom is 0.276 e. The topological polar surface area (TPSA) is 83.8 Å². The zero-order valence-corrected chi connectivity index (χ0v) is 15.8. The van der Waals surface area contributed by atoms with Crippen LogP contribution in [0.2, 0.25) is 5.02 Å². The van der Waals surface area contributed by atoms with Gasteiger partial charge in [0.1, 0.15) is 5.82 Å². The fourth-order valence-electron chi connectivity index (χ4n) is 3.08. The lowest BCUT2D eigenvalue weighted by Gasteiger charge is -2.35. The summed E-state index contributed by atoms with van der Waals surface area (Å²) in [5, 5.41) is 11.5. The van der Waals surface area contributed by atoms with Gasteiger partial charge < -0.3 is 9.80 Å². The van der Waals surface area contributed by atoms with E-state index in [0.29, 0.717) is 23.7 Å². The van der Waals surface area contributed by atoms with E-state index in [9.17, 15) is 24.1 Å². The van der Waals surface area contributed by atoms with Gasteiger partial charge in [-0.1, -0.05) is 17.7 Å².